The largest absolute Gasteiger partial charge is 0.366 e. The first-order valence-corrected chi connectivity index (χ1v) is 10.6. The summed E-state index contributed by atoms with van der Waals surface area (Å²) in [6.45, 7) is 2.06. The molecular weight excluding hydrogens is 388 g/mol. The molecule has 1 atom stereocenters. The predicted octanol–water partition coefficient (Wildman–Crippen LogP) is 3.27. The van der Waals surface area contributed by atoms with E-state index in [-0.39, 0.29) is 0 Å². The van der Waals surface area contributed by atoms with Crippen LogP contribution in [0.2, 0.25) is 0 Å². The molecule has 1 aliphatic rings. The molecule has 0 aromatic carbocycles. The molecule has 1 aliphatic heterocycles. The van der Waals surface area contributed by atoms with E-state index in [2.05, 4.69) is 20.7 Å². The number of anilines is 1. The van der Waals surface area contributed by atoms with E-state index >= 15 is 0 Å². The summed E-state index contributed by atoms with van der Waals surface area (Å²) in [6.07, 6.45) is 7.95. The van der Waals surface area contributed by atoms with Gasteiger partial charge in [0, 0.05) is 24.3 Å². The van der Waals surface area contributed by atoms with Crippen molar-refractivity contribution < 1.29 is 0 Å². The van der Waals surface area contributed by atoms with Crippen LogP contribution in [0.3, 0.4) is 0 Å². The third-order valence-electron chi connectivity index (χ3n) is 5.73. The standard InChI is InChI=1S/C23H22N8/c1-2-12-30-20(7-1)17(14-26-30)18-9-10-23-25-15-21(31(23)29-18)19-6-3-8-22(28-19)27-16-5-4-11-24-13-16/h1-3,6-10,12,14-16,24H,4-5,11,13H2,(H,27,28). The van der Waals surface area contributed by atoms with Crippen molar-refractivity contribution in [1.29, 1.82) is 0 Å². The summed E-state index contributed by atoms with van der Waals surface area (Å²) in [7, 11) is 0. The minimum atomic E-state index is 0.402. The van der Waals surface area contributed by atoms with Crippen LogP contribution in [0.15, 0.2) is 67.1 Å². The molecule has 5 aromatic heterocycles. The molecule has 6 heterocycles. The average Bonchev–Trinajstić information content (AvgIpc) is 3.44. The minimum Gasteiger partial charge on any atom is -0.366 e. The number of pyridine rings is 2. The highest BCUT2D eigenvalue weighted by atomic mass is 15.3. The average molecular weight is 410 g/mol. The van der Waals surface area contributed by atoms with E-state index in [4.69, 9.17) is 10.1 Å². The number of fused-ring (bicyclic) bond motifs is 2. The number of nitrogens with one attached hydrogen (secondary N) is 2. The predicted molar refractivity (Wildman–Crippen MR) is 120 cm³/mol. The Morgan fingerprint density at radius 1 is 1.00 bits per heavy atom. The van der Waals surface area contributed by atoms with Gasteiger partial charge in [-0.15, -0.1) is 0 Å². The Bertz CT molecular complexity index is 1360. The van der Waals surface area contributed by atoms with Crippen LogP contribution < -0.4 is 10.6 Å². The molecule has 0 spiro atoms. The van der Waals surface area contributed by atoms with Gasteiger partial charge in [0.25, 0.3) is 0 Å². The van der Waals surface area contributed by atoms with Crippen LogP contribution >= 0.6 is 0 Å². The summed E-state index contributed by atoms with van der Waals surface area (Å²) in [5.74, 6) is 0.875. The van der Waals surface area contributed by atoms with Crippen molar-refractivity contribution in [3.05, 3.63) is 67.1 Å². The topological polar surface area (TPSA) is 84.4 Å². The van der Waals surface area contributed by atoms with Gasteiger partial charge in [-0.1, -0.05) is 12.1 Å². The highest BCUT2D eigenvalue weighted by Crippen LogP contribution is 2.25. The van der Waals surface area contributed by atoms with Crippen molar-refractivity contribution >= 4 is 17.0 Å². The lowest BCUT2D eigenvalue weighted by Crippen LogP contribution is -2.38. The van der Waals surface area contributed by atoms with E-state index in [1.165, 1.54) is 6.42 Å². The minimum absolute atomic E-state index is 0.402. The molecule has 5 aromatic rings. The Kier molecular flexibility index (Phi) is 4.35. The first kappa shape index (κ1) is 18.0. The summed E-state index contributed by atoms with van der Waals surface area (Å²) in [6, 6.07) is 16.4. The second-order valence-electron chi connectivity index (χ2n) is 7.82. The first-order valence-electron chi connectivity index (χ1n) is 10.6. The maximum Gasteiger partial charge on any atom is 0.154 e. The van der Waals surface area contributed by atoms with Crippen LogP contribution in [0.4, 0.5) is 5.82 Å². The molecule has 154 valence electrons. The van der Waals surface area contributed by atoms with E-state index in [9.17, 15) is 0 Å². The molecule has 0 bridgehead atoms. The van der Waals surface area contributed by atoms with E-state index in [0.29, 0.717) is 6.04 Å². The molecule has 6 rings (SSSR count). The fourth-order valence-electron chi connectivity index (χ4n) is 4.17. The third-order valence-corrected chi connectivity index (χ3v) is 5.73. The van der Waals surface area contributed by atoms with Crippen LogP contribution in [-0.2, 0) is 0 Å². The molecule has 2 N–H and O–H groups in total. The Labute approximate surface area is 179 Å². The smallest absolute Gasteiger partial charge is 0.154 e. The molecule has 0 aliphatic carbocycles. The lowest BCUT2D eigenvalue weighted by molar-refractivity contribution is 0.479. The molecule has 0 amide bonds. The van der Waals surface area contributed by atoms with Gasteiger partial charge in [-0.3, -0.25) is 0 Å². The molecule has 1 fully saturated rings. The Morgan fingerprint density at radius 3 is 2.94 bits per heavy atom. The zero-order valence-corrected chi connectivity index (χ0v) is 16.9. The van der Waals surface area contributed by atoms with Crippen LogP contribution in [0.1, 0.15) is 12.8 Å². The van der Waals surface area contributed by atoms with Gasteiger partial charge in [0.1, 0.15) is 11.5 Å². The van der Waals surface area contributed by atoms with Gasteiger partial charge in [0.05, 0.1) is 29.3 Å². The van der Waals surface area contributed by atoms with Crippen molar-refractivity contribution in [2.24, 2.45) is 0 Å². The molecule has 0 saturated carbocycles. The quantitative estimate of drug-likeness (QED) is 0.473. The number of aromatic nitrogens is 6. The number of piperidine rings is 1. The highest BCUT2D eigenvalue weighted by molar-refractivity contribution is 5.78. The second-order valence-corrected chi connectivity index (χ2v) is 7.82. The summed E-state index contributed by atoms with van der Waals surface area (Å²) in [5, 5.41) is 16.3. The van der Waals surface area contributed by atoms with E-state index in [1.807, 2.05) is 76.2 Å². The maximum atomic E-state index is 4.88. The van der Waals surface area contributed by atoms with Crippen molar-refractivity contribution in [2.75, 3.05) is 18.4 Å². The normalized spacial score (nSPS) is 16.7. The summed E-state index contributed by atoms with van der Waals surface area (Å²) in [4.78, 5) is 9.38. The second kappa shape index (κ2) is 7.48. The van der Waals surface area contributed by atoms with Crippen molar-refractivity contribution in [1.82, 2.24) is 34.5 Å². The van der Waals surface area contributed by atoms with Crippen LogP contribution in [0, 0.1) is 0 Å². The van der Waals surface area contributed by atoms with Gasteiger partial charge in [0.2, 0.25) is 0 Å². The fraction of sp³-hybridized carbons (Fsp3) is 0.217. The molecule has 8 heteroatoms. The SMILES string of the molecule is c1cc(NC2CCCNC2)nc(-c2cnc3ccc(-c4cnn5ccccc45)nn23)c1. The Balaban J connectivity index is 1.38. The van der Waals surface area contributed by atoms with Crippen molar-refractivity contribution in [3.8, 4) is 22.6 Å². The number of imidazole rings is 1. The molecule has 0 radical (unpaired) electrons. The molecule has 8 nitrogen and oxygen atoms in total. The van der Waals surface area contributed by atoms with Crippen molar-refractivity contribution in [3.63, 3.8) is 0 Å². The Morgan fingerprint density at radius 2 is 2.00 bits per heavy atom. The van der Waals surface area contributed by atoms with Crippen molar-refractivity contribution in [2.45, 2.75) is 18.9 Å². The van der Waals surface area contributed by atoms with Gasteiger partial charge in [-0.25, -0.2) is 19.0 Å². The van der Waals surface area contributed by atoms with E-state index < -0.39 is 0 Å². The summed E-state index contributed by atoms with van der Waals surface area (Å²) in [5.41, 5.74) is 5.32. The Hall–Kier alpha value is -3.78. The zero-order chi connectivity index (χ0) is 20.6. The van der Waals surface area contributed by atoms with E-state index in [1.54, 1.807) is 0 Å². The van der Waals surface area contributed by atoms with Crippen LogP contribution in [0.25, 0.3) is 33.8 Å². The first-order chi connectivity index (χ1) is 15.3. The van der Waals surface area contributed by atoms with E-state index in [0.717, 1.165) is 59.1 Å². The number of hydrogen-bond acceptors (Lipinski definition) is 6. The van der Waals surface area contributed by atoms with Crippen LogP contribution in [0.5, 0.6) is 0 Å². The van der Waals surface area contributed by atoms with Crippen LogP contribution in [-0.4, -0.2) is 48.3 Å². The number of rotatable bonds is 4. The maximum absolute atomic E-state index is 4.88. The van der Waals surface area contributed by atoms with Gasteiger partial charge in [-0.2, -0.15) is 10.2 Å². The molecule has 31 heavy (non-hydrogen) atoms. The fourth-order valence-corrected chi connectivity index (χ4v) is 4.17. The van der Waals surface area contributed by atoms with Gasteiger partial charge in [0.15, 0.2) is 5.65 Å². The highest BCUT2D eigenvalue weighted by Gasteiger charge is 2.15. The monoisotopic (exact) mass is 410 g/mol. The molecule has 1 saturated heterocycles. The van der Waals surface area contributed by atoms with Gasteiger partial charge >= 0.3 is 0 Å². The number of hydrogen-bond donors (Lipinski definition) is 2. The lowest BCUT2D eigenvalue weighted by Gasteiger charge is -2.24. The number of nitrogens with zero attached hydrogens (tertiary/aromatic N) is 6. The molecule has 1 unspecified atom stereocenters. The van der Waals surface area contributed by atoms with Gasteiger partial charge < -0.3 is 10.6 Å². The zero-order valence-electron chi connectivity index (χ0n) is 16.9. The third kappa shape index (κ3) is 3.30. The summed E-state index contributed by atoms with van der Waals surface area (Å²) >= 11 is 0. The molecular formula is C23H22N8. The lowest BCUT2D eigenvalue weighted by atomic mass is 10.1. The van der Waals surface area contributed by atoms with Gasteiger partial charge in [-0.05, 0) is 55.8 Å². The summed E-state index contributed by atoms with van der Waals surface area (Å²) < 4.78 is 3.71.